The van der Waals surface area contributed by atoms with Crippen LogP contribution in [-0.4, -0.2) is 47.7 Å². The monoisotopic (exact) mass is 499 g/mol. The van der Waals surface area contributed by atoms with Crippen LogP contribution in [0.1, 0.15) is 42.3 Å². The lowest BCUT2D eigenvalue weighted by Crippen LogP contribution is -2.48. The highest BCUT2D eigenvalue weighted by Crippen LogP contribution is 2.41. The van der Waals surface area contributed by atoms with Gasteiger partial charge in [0.2, 0.25) is 5.91 Å². The topological polar surface area (TPSA) is 74.7 Å². The van der Waals surface area contributed by atoms with Gasteiger partial charge in [0.1, 0.15) is 17.7 Å². The Balaban J connectivity index is 1.46. The third kappa shape index (κ3) is 5.61. The van der Waals surface area contributed by atoms with Gasteiger partial charge in [-0.25, -0.2) is 14.3 Å². The molecule has 1 aliphatic heterocycles. The second kappa shape index (κ2) is 11.1. The predicted molar refractivity (Wildman–Crippen MR) is 131 cm³/mol. The third-order valence-corrected chi connectivity index (χ3v) is 7.47. The number of ether oxygens (including phenoxy) is 1. The number of fused-ring (bicyclic) bond motifs is 1. The Bertz CT molecular complexity index is 1230. The largest absolute Gasteiger partial charge is 0.497 e. The summed E-state index contributed by atoms with van der Waals surface area (Å²) in [6.45, 7) is 1.75. The molecule has 0 bridgehead atoms. The summed E-state index contributed by atoms with van der Waals surface area (Å²) in [6, 6.07) is 8.82. The Hall–Kier alpha value is -3.06. The lowest BCUT2D eigenvalue weighted by molar-refractivity contribution is -0.143. The Kier molecular flexibility index (Phi) is 7.96. The molecule has 0 unspecified atom stereocenters. The number of likely N-dealkylation sites (tertiary alicyclic amines) is 1. The lowest BCUT2D eigenvalue weighted by Gasteiger charge is -2.39. The van der Waals surface area contributed by atoms with E-state index in [0.717, 1.165) is 11.1 Å². The molecule has 1 aliphatic rings. The van der Waals surface area contributed by atoms with Gasteiger partial charge in [-0.3, -0.25) is 19.9 Å². The highest BCUT2D eigenvalue weighted by Gasteiger charge is 2.41. The number of carbonyl (C=O) groups is 1. The number of hydrogen-bond acceptors (Lipinski definition) is 6. The van der Waals surface area contributed by atoms with Crippen molar-refractivity contribution in [1.82, 2.24) is 15.4 Å². The minimum Gasteiger partial charge on any atom is -0.497 e. The van der Waals surface area contributed by atoms with Gasteiger partial charge in [-0.1, -0.05) is 17.9 Å². The number of hydrogen-bond donors (Lipinski definition) is 2. The fourth-order valence-electron chi connectivity index (χ4n) is 4.60. The molecule has 2 N–H and O–H groups in total. The first-order valence-corrected chi connectivity index (χ1v) is 12.3. The number of aromatic nitrogens is 1. The SMILES string of the molecule is COc1ccc2ncc(F)c([C@H](F)CCC3(C(=O)NO)CCN(CC#Cc4cccs4)CC3)c2c1. The van der Waals surface area contributed by atoms with Crippen LogP contribution in [-0.2, 0) is 4.79 Å². The minimum atomic E-state index is -1.65. The Morgan fingerprint density at radius 1 is 1.37 bits per heavy atom. The molecule has 0 aliphatic carbocycles. The molecule has 0 radical (unpaired) electrons. The molecular formula is C26H27F2N3O3S. The highest BCUT2D eigenvalue weighted by molar-refractivity contribution is 7.10. The van der Waals surface area contributed by atoms with Gasteiger partial charge in [-0.2, -0.15) is 0 Å². The number of methoxy groups -OCH3 is 1. The van der Waals surface area contributed by atoms with Crippen molar-refractivity contribution in [2.24, 2.45) is 5.41 Å². The maximum Gasteiger partial charge on any atom is 0.249 e. The van der Waals surface area contributed by atoms with Crippen molar-refractivity contribution >= 4 is 28.1 Å². The van der Waals surface area contributed by atoms with Gasteiger partial charge in [0, 0.05) is 24.0 Å². The van der Waals surface area contributed by atoms with E-state index in [1.807, 2.05) is 17.5 Å². The van der Waals surface area contributed by atoms with E-state index in [4.69, 9.17) is 4.74 Å². The molecule has 1 fully saturated rings. The number of rotatable bonds is 7. The van der Waals surface area contributed by atoms with Gasteiger partial charge < -0.3 is 4.74 Å². The van der Waals surface area contributed by atoms with Crippen molar-refractivity contribution in [3.05, 3.63) is 58.2 Å². The maximum atomic E-state index is 15.5. The predicted octanol–water partition coefficient (Wildman–Crippen LogP) is 4.87. The summed E-state index contributed by atoms with van der Waals surface area (Å²) in [5, 5.41) is 11.7. The summed E-state index contributed by atoms with van der Waals surface area (Å²) in [6.07, 6.45) is 0.357. The number of piperidine rings is 1. The Morgan fingerprint density at radius 2 is 2.17 bits per heavy atom. The van der Waals surface area contributed by atoms with Gasteiger partial charge in [-0.05, 0) is 55.3 Å². The first-order chi connectivity index (χ1) is 17.0. The van der Waals surface area contributed by atoms with Crippen molar-refractivity contribution < 1.29 is 23.5 Å². The molecule has 1 atom stereocenters. The number of hydroxylamine groups is 1. The van der Waals surface area contributed by atoms with Gasteiger partial charge in [0.05, 0.1) is 35.7 Å². The average Bonchev–Trinajstić information content (AvgIpc) is 3.40. The molecule has 4 rings (SSSR count). The van der Waals surface area contributed by atoms with E-state index >= 15 is 4.39 Å². The standard InChI is InChI=1S/C26H27F2N3O3S/c1-34-18-6-7-23-20(16-18)24(22(28)17-29-23)21(27)8-9-26(25(32)30-33)10-13-31(14-11-26)12-2-4-19-5-3-15-35-19/h3,5-7,15-17,21,33H,8-14H2,1H3,(H,30,32)/t21-/m1/s1. The summed E-state index contributed by atoms with van der Waals surface area (Å²) in [5.41, 5.74) is 1.20. The zero-order valence-electron chi connectivity index (χ0n) is 19.4. The normalized spacial score (nSPS) is 16.3. The van der Waals surface area contributed by atoms with E-state index < -0.39 is 23.3 Å². The number of nitrogens with zero attached hydrogens (tertiary/aromatic N) is 2. The molecule has 6 nitrogen and oxygen atoms in total. The fraction of sp³-hybridized carbons (Fsp3) is 0.385. The molecule has 3 aromatic rings. The van der Waals surface area contributed by atoms with Crippen LogP contribution in [0.4, 0.5) is 8.78 Å². The van der Waals surface area contributed by atoms with E-state index in [2.05, 4.69) is 21.7 Å². The number of halogens is 2. The molecule has 1 amide bonds. The average molecular weight is 500 g/mol. The van der Waals surface area contributed by atoms with E-state index in [0.29, 0.717) is 49.1 Å². The van der Waals surface area contributed by atoms with E-state index in [1.165, 1.54) is 7.11 Å². The van der Waals surface area contributed by atoms with Gasteiger partial charge in [0.25, 0.3) is 0 Å². The third-order valence-electron chi connectivity index (χ3n) is 6.69. The second-order valence-electron chi connectivity index (χ2n) is 8.69. The smallest absolute Gasteiger partial charge is 0.249 e. The first kappa shape index (κ1) is 25.0. The number of thiophene rings is 1. The zero-order valence-corrected chi connectivity index (χ0v) is 20.2. The van der Waals surface area contributed by atoms with Gasteiger partial charge in [0.15, 0.2) is 0 Å². The summed E-state index contributed by atoms with van der Waals surface area (Å²) < 4.78 is 35.4. The van der Waals surface area contributed by atoms with E-state index in [9.17, 15) is 14.4 Å². The summed E-state index contributed by atoms with van der Waals surface area (Å²) in [4.78, 5) is 19.8. The van der Waals surface area contributed by atoms with Crippen molar-refractivity contribution in [3.63, 3.8) is 0 Å². The van der Waals surface area contributed by atoms with Crippen molar-refractivity contribution in [1.29, 1.82) is 0 Å². The van der Waals surface area contributed by atoms with Crippen LogP contribution in [0.2, 0.25) is 0 Å². The second-order valence-corrected chi connectivity index (χ2v) is 9.63. The van der Waals surface area contributed by atoms with E-state index in [-0.39, 0.29) is 18.4 Å². The molecule has 35 heavy (non-hydrogen) atoms. The van der Waals surface area contributed by atoms with Crippen molar-refractivity contribution in [2.45, 2.75) is 31.9 Å². The van der Waals surface area contributed by atoms with Crippen LogP contribution < -0.4 is 10.2 Å². The summed E-state index contributed by atoms with van der Waals surface area (Å²) in [7, 11) is 1.48. The maximum absolute atomic E-state index is 15.5. The Morgan fingerprint density at radius 3 is 2.86 bits per heavy atom. The minimum absolute atomic E-state index is 0.0706. The number of pyridine rings is 1. The molecule has 184 valence electrons. The molecule has 2 aromatic heterocycles. The lowest BCUT2D eigenvalue weighted by atomic mass is 9.73. The zero-order chi connectivity index (χ0) is 24.8. The molecule has 3 heterocycles. The van der Waals surface area contributed by atoms with Gasteiger partial charge in [-0.15, -0.1) is 11.3 Å². The van der Waals surface area contributed by atoms with E-state index in [1.54, 1.807) is 35.0 Å². The first-order valence-electron chi connectivity index (χ1n) is 11.4. The molecule has 1 aromatic carbocycles. The fourth-order valence-corrected chi connectivity index (χ4v) is 5.19. The van der Waals surface area contributed by atoms with Crippen LogP contribution in [0.15, 0.2) is 41.9 Å². The number of carbonyl (C=O) groups excluding carboxylic acids is 1. The molecule has 9 heteroatoms. The van der Waals surface area contributed by atoms with Crippen LogP contribution in [0.3, 0.4) is 0 Å². The van der Waals surface area contributed by atoms with Crippen LogP contribution in [0.25, 0.3) is 10.9 Å². The number of alkyl halides is 1. The molecule has 0 spiro atoms. The van der Waals surface area contributed by atoms with Crippen LogP contribution in [0.5, 0.6) is 5.75 Å². The summed E-state index contributed by atoms with van der Waals surface area (Å²) >= 11 is 1.58. The number of amides is 1. The molecule has 0 saturated carbocycles. The number of nitrogens with one attached hydrogen (secondary N) is 1. The number of benzene rings is 1. The Labute approximate surface area is 206 Å². The molecule has 1 saturated heterocycles. The molecular weight excluding hydrogens is 472 g/mol. The van der Waals surface area contributed by atoms with Gasteiger partial charge >= 0.3 is 0 Å². The quantitative estimate of drug-likeness (QED) is 0.276. The van der Waals surface area contributed by atoms with Crippen molar-refractivity contribution in [2.75, 3.05) is 26.7 Å². The van der Waals surface area contributed by atoms with Crippen LogP contribution in [0, 0.1) is 23.1 Å². The highest BCUT2D eigenvalue weighted by atomic mass is 32.1. The van der Waals surface area contributed by atoms with Crippen LogP contribution >= 0.6 is 11.3 Å². The van der Waals surface area contributed by atoms with Crippen molar-refractivity contribution in [3.8, 4) is 17.6 Å². The summed E-state index contributed by atoms with van der Waals surface area (Å²) in [5.74, 6) is 5.48.